The Balaban J connectivity index is 1.76. The molecule has 2 aromatic rings. The summed E-state index contributed by atoms with van der Waals surface area (Å²) < 4.78 is 27.8. The summed E-state index contributed by atoms with van der Waals surface area (Å²) in [5.41, 5.74) is 2.75. The summed E-state index contributed by atoms with van der Waals surface area (Å²) in [5, 5.41) is 0. The maximum Gasteiger partial charge on any atom is 0.240 e. The number of nitrogens with zero attached hydrogens (tertiary/aromatic N) is 1. The van der Waals surface area contributed by atoms with Gasteiger partial charge in [-0.1, -0.05) is 24.3 Å². The standard InChI is InChI=1S/C18H20N2O3S/c1-13-8-9-17(10-14(13)2)24(22,23)19-15-11-18(21)20(12-15)16-6-4-3-5-7-16/h3-10,15,19H,11-12H2,1-2H3/t15-/m1/s1. The molecule has 1 fully saturated rings. The fourth-order valence-corrected chi connectivity index (χ4v) is 4.12. The van der Waals surface area contributed by atoms with Crippen molar-refractivity contribution in [2.24, 2.45) is 0 Å². The van der Waals surface area contributed by atoms with Gasteiger partial charge < -0.3 is 4.90 Å². The van der Waals surface area contributed by atoms with E-state index in [4.69, 9.17) is 0 Å². The molecule has 0 aliphatic carbocycles. The summed E-state index contributed by atoms with van der Waals surface area (Å²) in [6.07, 6.45) is 0.166. The second-order valence-corrected chi connectivity index (χ2v) is 7.82. The topological polar surface area (TPSA) is 66.5 Å². The van der Waals surface area contributed by atoms with Crippen molar-refractivity contribution in [2.45, 2.75) is 31.2 Å². The molecule has 0 bridgehead atoms. The Morgan fingerprint density at radius 3 is 2.42 bits per heavy atom. The van der Waals surface area contributed by atoms with Gasteiger partial charge in [0.2, 0.25) is 15.9 Å². The minimum absolute atomic E-state index is 0.0750. The number of nitrogens with one attached hydrogen (secondary N) is 1. The van der Waals surface area contributed by atoms with Crippen molar-refractivity contribution in [3.63, 3.8) is 0 Å². The van der Waals surface area contributed by atoms with Crippen LogP contribution in [0.25, 0.3) is 0 Å². The number of aryl methyl sites for hydroxylation is 2. The third-order valence-electron chi connectivity index (χ3n) is 4.30. The highest BCUT2D eigenvalue weighted by molar-refractivity contribution is 7.89. The van der Waals surface area contributed by atoms with Crippen molar-refractivity contribution < 1.29 is 13.2 Å². The molecule has 0 radical (unpaired) electrons. The van der Waals surface area contributed by atoms with Crippen molar-refractivity contribution in [1.82, 2.24) is 4.72 Å². The summed E-state index contributed by atoms with van der Waals surface area (Å²) in [4.78, 5) is 14.0. The number of amides is 1. The van der Waals surface area contributed by atoms with E-state index < -0.39 is 16.1 Å². The van der Waals surface area contributed by atoms with Crippen molar-refractivity contribution in [3.8, 4) is 0 Å². The molecule has 126 valence electrons. The van der Waals surface area contributed by atoms with Crippen LogP contribution in [-0.2, 0) is 14.8 Å². The molecule has 0 saturated carbocycles. The lowest BCUT2D eigenvalue weighted by Crippen LogP contribution is -2.37. The maximum absolute atomic E-state index is 12.6. The number of sulfonamides is 1. The molecular weight excluding hydrogens is 324 g/mol. The molecule has 0 spiro atoms. The number of para-hydroxylation sites is 1. The average Bonchev–Trinajstić information content (AvgIpc) is 2.90. The summed E-state index contributed by atoms with van der Waals surface area (Å²) in [6.45, 7) is 4.16. The summed E-state index contributed by atoms with van der Waals surface area (Å²) in [7, 11) is -3.64. The van der Waals surface area contributed by atoms with Crippen molar-refractivity contribution in [3.05, 3.63) is 59.7 Å². The minimum Gasteiger partial charge on any atom is -0.311 e. The summed E-state index contributed by atoms with van der Waals surface area (Å²) >= 11 is 0. The Kier molecular flexibility index (Phi) is 4.43. The number of hydrogen-bond donors (Lipinski definition) is 1. The van der Waals surface area contributed by atoms with Crippen LogP contribution in [0.3, 0.4) is 0 Å². The van der Waals surface area contributed by atoms with Gasteiger partial charge in [-0.25, -0.2) is 13.1 Å². The van der Waals surface area contributed by atoms with Gasteiger partial charge in [0, 0.05) is 24.7 Å². The Morgan fingerprint density at radius 2 is 1.75 bits per heavy atom. The van der Waals surface area contributed by atoms with E-state index in [1.165, 1.54) is 0 Å². The molecule has 1 atom stereocenters. The molecule has 1 aliphatic rings. The highest BCUT2D eigenvalue weighted by atomic mass is 32.2. The lowest BCUT2D eigenvalue weighted by atomic mass is 10.1. The van der Waals surface area contributed by atoms with E-state index in [-0.39, 0.29) is 17.2 Å². The van der Waals surface area contributed by atoms with E-state index in [1.807, 2.05) is 44.2 Å². The zero-order chi connectivity index (χ0) is 17.3. The monoisotopic (exact) mass is 344 g/mol. The number of anilines is 1. The van der Waals surface area contributed by atoms with Gasteiger partial charge in [0.15, 0.2) is 0 Å². The van der Waals surface area contributed by atoms with E-state index >= 15 is 0 Å². The lowest BCUT2D eigenvalue weighted by Gasteiger charge is -2.17. The maximum atomic E-state index is 12.6. The van der Waals surface area contributed by atoms with Crippen LogP contribution in [0.1, 0.15) is 17.5 Å². The second kappa shape index (κ2) is 6.37. The molecule has 1 heterocycles. The summed E-state index contributed by atoms with van der Waals surface area (Å²) in [5.74, 6) is -0.0750. The SMILES string of the molecule is Cc1ccc(S(=O)(=O)N[C@@H]2CC(=O)N(c3ccccc3)C2)cc1C. The normalized spacial score (nSPS) is 18.2. The molecule has 3 rings (SSSR count). The molecule has 0 unspecified atom stereocenters. The van der Waals surface area contributed by atoms with Crippen molar-refractivity contribution in [2.75, 3.05) is 11.4 Å². The van der Waals surface area contributed by atoms with E-state index in [2.05, 4.69) is 4.72 Å². The molecule has 5 nitrogen and oxygen atoms in total. The van der Waals surface area contributed by atoms with Crippen molar-refractivity contribution >= 4 is 21.6 Å². The zero-order valence-corrected chi connectivity index (χ0v) is 14.5. The van der Waals surface area contributed by atoms with Crippen LogP contribution in [0.5, 0.6) is 0 Å². The van der Waals surface area contributed by atoms with Crippen molar-refractivity contribution in [1.29, 1.82) is 0 Å². The zero-order valence-electron chi connectivity index (χ0n) is 13.7. The van der Waals surface area contributed by atoms with Gasteiger partial charge in [-0.3, -0.25) is 4.79 Å². The highest BCUT2D eigenvalue weighted by Crippen LogP contribution is 2.22. The van der Waals surface area contributed by atoms with Crippen LogP contribution in [0.15, 0.2) is 53.4 Å². The van der Waals surface area contributed by atoms with E-state index in [9.17, 15) is 13.2 Å². The van der Waals surface area contributed by atoms with Gasteiger partial charge in [0.05, 0.1) is 4.90 Å². The smallest absolute Gasteiger partial charge is 0.240 e. The molecule has 24 heavy (non-hydrogen) atoms. The Morgan fingerprint density at radius 1 is 1.04 bits per heavy atom. The van der Waals surface area contributed by atoms with Gasteiger partial charge in [0.1, 0.15) is 0 Å². The molecule has 6 heteroatoms. The van der Waals surface area contributed by atoms with Gasteiger partial charge in [-0.2, -0.15) is 0 Å². The number of hydrogen-bond acceptors (Lipinski definition) is 3. The molecular formula is C18H20N2O3S. The number of carbonyl (C=O) groups excluding carboxylic acids is 1. The fourth-order valence-electron chi connectivity index (χ4n) is 2.81. The van der Waals surface area contributed by atoms with E-state index in [1.54, 1.807) is 23.1 Å². The fraction of sp³-hybridized carbons (Fsp3) is 0.278. The van der Waals surface area contributed by atoms with Crippen LogP contribution in [0, 0.1) is 13.8 Å². The van der Waals surface area contributed by atoms with Gasteiger partial charge in [0.25, 0.3) is 0 Å². The molecule has 0 aromatic heterocycles. The number of carbonyl (C=O) groups is 1. The highest BCUT2D eigenvalue weighted by Gasteiger charge is 2.33. The minimum atomic E-state index is -3.64. The Hall–Kier alpha value is -2.18. The largest absolute Gasteiger partial charge is 0.311 e. The quantitative estimate of drug-likeness (QED) is 0.926. The predicted octanol–water partition coefficient (Wildman–Crippen LogP) is 2.39. The molecule has 1 aliphatic heterocycles. The molecule has 1 N–H and O–H groups in total. The van der Waals surface area contributed by atoms with Crippen LogP contribution in [0.4, 0.5) is 5.69 Å². The van der Waals surface area contributed by atoms with Gasteiger partial charge in [-0.05, 0) is 49.2 Å². The predicted molar refractivity (Wildman–Crippen MR) is 93.4 cm³/mol. The first-order valence-electron chi connectivity index (χ1n) is 7.82. The van der Waals surface area contributed by atoms with Crippen LogP contribution in [0.2, 0.25) is 0 Å². The number of benzene rings is 2. The third-order valence-corrected chi connectivity index (χ3v) is 5.82. The molecule has 1 amide bonds. The Bertz CT molecular complexity index is 863. The van der Waals surface area contributed by atoms with E-state index in [0.29, 0.717) is 6.54 Å². The van der Waals surface area contributed by atoms with Crippen LogP contribution < -0.4 is 9.62 Å². The van der Waals surface area contributed by atoms with Crippen LogP contribution >= 0.6 is 0 Å². The molecule has 1 saturated heterocycles. The van der Waals surface area contributed by atoms with Gasteiger partial charge in [-0.15, -0.1) is 0 Å². The average molecular weight is 344 g/mol. The first-order chi connectivity index (χ1) is 11.4. The lowest BCUT2D eigenvalue weighted by molar-refractivity contribution is -0.117. The third kappa shape index (κ3) is 3.34. The van der Waals surface area contributed by atoms with E-state index in [0.717, 1.165) is 16.8 Å². The second-order valence-electron chi connectivity index (χ2n) is 6.11. The first-order valence-corrected chi connectivity index (χ1v) is 9.30. The Labute approximate surface area is 142 Å². The first kappa shape index (κ1) is 16.7. The van der Waals surface area contributed by atoms with Gasteiger partial charge >= 0.3 is 0 Å². The summed E-state index contributed by atoms with van der Waals surface area (Å²) in [6, 6.07) is 13.9. The number of rotatable bonds is 4. The molecule has 2 aromatic carbocycles. The van der Waals surface area contributed by atoms with Crippen LogP contribution in [-0.4, -0.2) is 26.9 Å².